The van der Waals surface area contributed by atoms with Gasteiger partial charge in [0.1, 0.15) is 0 Å². The average molecular weight is 250 g/mol. The molecular weight excluding hydrogens is 236 g/mol. The monoisotopic (exact) mass is 250 g/mol. The van der Waals surface area contributed by atoms with Gasteiger partial charge in [-0.3, -0.25) is 0 Å². The molecule has 2 aromatic carbocycles. The third-order valence-corrected chi connectivity index (χ3v) is 4.45. The first-order valence-electron chi connectivity index (χ1n) is 5.46. The molecule has 2 rings (SSSR count). The lowest BCUT2D eigenvalue weighted by atomic mass is 10.1. The molecule has 0 aromatic heterocycles. The third kappa shape index (κ3) is 2.65. The molecule has 90 valence electrons. The number of hydrogen-bond acceptors (Lipinski definition) is 3. The Hall–Kier alpha value is -1.39. The van der Waals surface area contributed by atoms with Crippen LogP contribution in [0.4, 0.5) is 0 Å². The molecule has 2 aromatic rings. The predicted octanol–water partition coefficient (Wildman–Crippen LogP) is 2.00. The first-order chi connectivity index (χ1) is 8.13. The van der Waals surface area contributed by atoms with Gasteiger partial charge in [-0.15, -0.1) is 0 Å². The van der Waals surface area contributed by atoms with Gasteiger partial charge in [-0.05, 0) is 29.3 Å². The van der Waals surface area contributed by atoms with E-state index in [1.54, 1.807) is 18.2 Å². The molecule has 0 aliphatic heterocycles. The van der Waals surface area contributed by atoms with E-state index < -0.39 is 9.84 Å². The SMILES string of the molecule is O=S(=O)(CCCO)c1ccc2ccccc2c1. The van der Waals surface area contributed by atoms with Crippen LogP contribution in [0.5, 0.6) is 0 Å². The van der Waals surface area contributed by atoms with Gasteiger partial charge in [0.25, 0.3) is 0 Å². The number of hydrogen-bond donors (Lipinski definition) is 1. The first kappa shape index (κ1) is 12.1. The summed E-state index contributed by atoms with van der Waals surface area (Å²) >= 11 is 0. The second kappa shape index (κ2) is 4.85. The summed E-state index contributed by atoms with van der Waals surface area (Å²) < 4.78 is 23.8. The number of fused-ring (bicyclic) bond motifs is 1. The standard InChI is InChI=1S/C13H14O3S/c14-8-3-9-17(15,16)13-7-6-11-4-1-2-5-12(11)10-13/h1-2,4-7,10,14H,3,8-9H2. The zero-order chi connectivity index (χ0) is 12.3. The van der Waals surface area contributed by atoms with E-state index in [9.17, 15) is 8.42 Å². The van der Waals surface area contributed by atoms with Crippen molar-refractivity contribution in [2.24, 2.45) is 0 Å². The quantitative estimate of drug-likeness (QED) is 0.903. The van der Waals surface area contributed by atoms with E-state index in [4.69, 9.17) is 5.11 Å². The third-order valence-electron chi connectivity index (χ3n) is 2.65. The van der Waals surface area contributed by atoms with Crippen molar-refractivity contribution in [1.29, 1.82) is 0 Å². The van der Waals surface area contributed by atoms with Crippen molar-refractivity contribution in [1.82, 2.24) is 0 Å². The second-order valence-corrected chi connectivity index (χ2v) is 6.01. The molecule has 0 radical (unpaired) electrons. The van der Waals surface area contributed by atoms with Gasteiger partial charge in [-0.1, -0.05) is 30.3 Å². The van der Waals surface area contributed by atoms with Crippen LogP contribution >= 0.6 is 0 Å². The van der Waals surface area contributed by atoms with Crippen LogP contribution in [-0.2, 0) is 9.84 Å². The van der Waals surface area contributed by atoms with E-state index in [1.165, 1.54) is 0 Å². The molecule has 0 unspecified atom stereocenters. The van der Waals surface area contributed by atoms with Crippen molar-refractivity contribution in [2.75, 3.05) is 12.4 Å². The van der Waals surface area contributed by atoms with Crippen molar-refractivity contribution in [3.05, 3.63) is 42.5 Å². The van der Waals surface area contributed by atoms with Crippen LogP contribution in [0.25, 0.3) is 10.8 Å². The first-order valence-corrected chi connectivity index (χ1v) is 7.11. The fourth-order valence-electron chi connectivity index (χ4n) is 1.73. The summed E-state index contributed by atoms with van der Waals surface area (Å²) in [5, 5.41) is 10.6. The van der Waals surface area contributed by atoms with Crippen molar-refractivity contribution in [3.8, 4) is 0 Å². The summed E-state index contributed by atoms with van der Waals surface area (Å²) in [7, 11) is -3.27. The smallest absolute Gasteiger partial charge is 0.178 e. The van der Waals surface area contributed by atoms with E-state index in [0.29, 0.717) is 4.90 Å². The highest BCUT2D eigenvalue weighted by atomic mass is 32.2. The molecule has 17 heavy (non-hydrogen) atoms. The second-order valence-electron chi connectivity index (χ2n) is 3.90. The van der Waals surface area contributed by atoms with Crippen LogP contribution in [0.3, 0.4) is 0 Å². The Morgan fingerprint density at radius 3 is 2.41 bits per heavy atom. The van der Waals surface area contributed by atoms with E-state index in [1.807, 2.05) is 24.3 Å². The van der Waals surface area contributed by atoms with Crippen LogP contribution in [-0.4, -0.2) is 25.9 Å². The summed E-state index contributed by atoms with van der Waals surface area (Å²) in [6.45, 7) is -0.104. The van der Waals surface area contributed by atoms with Crippen LogP contribution in [0.1, 0.15) is 6.42 Å². The van der Waals surface area contributed by atoms with Crippen LogP contribution < -0.4 is 0 Å². The van der Waals surface area contributed by atoms with Gasteiger partial charge in [-0.2, -0.15) is 0 Å². The molecule has 1 N–H and O–H groups in total. The molecule has 0 fully saturated rings. The number of benzene rings is 2. The van der Waals surface area contributed by atoms with Crippen LogP contribution in [0.15, 0.2) is 47.4 Å². The molecule has 0 saturated heterocycles. The number of rotatable bonds is 4. The highest BCUT2D eigenvalue weighted by Crippen LogP contribution is 2.20. The maximum atomic E-state index is 11.9. The van der Waals surface area contributed by atoms with Crippen molar-refractivity contribution in [2.45, 2.75) is 11.3 Å². The molecule has 0 atom stereocenters. The minimum Gasteiger partial charge on any atom is -0.396 e. The fourth-order valence-corrected chi connectivity index (χ4v) is 3.06. The van der Waals surface area contributed by atoms with Gasteiger partial charge in [0, 0.05) is 6.61 Å². The Morgan fingerprint density at radius 2 is 1.71 bits per heavy atom. The molecule has 0 saturated carbocycles. The predicted molar refractivity (Wildman–Crippen MR) is 67.7 cm³/mol. The van der Waals surface area contributed by atoms with E-state index in [2.05, 4.69) is 0 Å². The van der Waals surface area contributed by atoms with Gasteiger partial charge in [0.05, 0.1) is 10.6 Å². The highest BCUT2D eigenvalue weighted by Gasteiger charge is 2.13. The maximum absolute atomic E-state index is 11.9. The van der Waals surface area contributed by atoms with Gasteiger partial charge < -0.3 is 5.11 Å². The van der Waals surface area contributed by atoms with Crippen molar-refractivity contribution >= 4 is 20.6 Å². The van der Waals surface area contributed by atoms with Gasteiger partial charge in [-0.25, -0.2) is 8.42 Å². The molecule has 4 heteroatoms. The zero-order valence-electron chi connectivity index (χ0n) is 9.33. The molecular formula is C13H14O3S. The molecule has 0 amide bonds. The molecule has 0 aliphatic carbocycles. The summed E-state index contributed by atoms with van der Waals surface area (Å²) in [5.41, 5.74) is 0. The topological polar surface area (TPSA) is 54.4 Å². The number of sulfone groups is 1. The Labute approximate surface area is 101 Å². The lowest BCUT2D eigenvalue weighted by Crippen LogP contribution is -2.08. The van der Waals surface area contributed by atoms with Crippen LogP contribution in [0, 0.1) is 0 Å². The normalized spacial score (nSPS) is 11.8. The Kier molecular flexibility index (Phi) is 3.45. The molecule has 3 nitrogen and oxygen atoms in total. The van der Waals surface area contributed by atoms with Gasteiger partial charge in [0.15, 0.2) is 9.84 Å². The minimum atomic E-state index is -3.27. The summed E-state index contributed by atoms with van der Waals surface area (Å²) in [6, 6.07) is 12.7. The van der Waals surface area contributed by atoms with Gasteiger partial charge in [0.2, 0.25) is 0 Å². The average Bonchev–Trinajstić information content (AvgIpc) is 2.36. The Bertz CT molecular complexity index is 617. The molecule has 0 bridgehead atoms. The van der Waals surface area contributed by atoms with E-state index in [0.717, 1.165) is 10.8 Å². The summed E-state index contributed by atoms with van der Waals surface area (Å²) in [4.78, 5) is 0.324. The Balaban J connectivity index is 2.42. The largest absolute Gasteiger partial charge is 0.396 e. The number of aliphatic hydroxyl groups is 1. The summed E-state index contributed by atoms with van der Waals surface area (Å²) in [5.74, 6) is -0.0121. The van der Waals surface area contributed by atoms with Crippen LogP contribution in [0.2, 0.25) is 0 Å². The molecule has 0 heterocycles. The maximum Gasteiger partial charge on any atom is 0.178 e. The zero-order valence-corrected chi connectivity index (χ0v) is 10.2. The minimum absolute atomic E-state index is 0.0121. The van der Waals surface area contributed by atoms with Gasteiger partial charge >= 0.3 is 0 Å². The van der Waals surface area contributed by atoms with Crippen molar-refractivity contribution < 1.29 is 13.5 Å². The number of aliphatic hydroxyl groups excluding tert-OH is 1. The lowest BCUT2D eigenvalue weighted by molar-refractivity contribution is 0.295. The Morgan fingerprint density at radius 1 is 1.00 bits per heavy atom. The van der Waals surface area contributed by atoms with E-state index >= 15 is 0 Å². The lowest BCUT2D eigenvalue weighted by Gasteiger charge is -2.05. The summed E-state index contributed by atoms with van der Waals surface area (Å²) in [6.07, 6.45) is 0.273. The highest BCUT2D eigenvalue weighted by molar-refractivity contribution is 7.91. The van der Waals surface area contributed by atoms with Crippen molar-refractivity contribution in [3.63, 3.8) is 0 Å². The molecule has 0 aliphatic rings. The van der Waals surface area contributed by atoms with E-state index in [-0.39, 0.29) is 18.8 Å². The fraction of sp³-hybridized carbons (Fsp3) is 0.231. The molecule has 0 spiro atoms.